The topological polar surface area (TPSA) is 92.8 Å². The monoisotopic (exact) mass is 566 g/mol. The van der Waals surface area contributed by atoms with Gasteiger partial charge in [0.25, 0.3) is 11.8 Å². The van der Waals surface area contributed by atoms with Crippen LogP contribution >= 0.6 is 7.14 Å². The highest BCUT2D eigenvalue weighted by atomic mass is 31.2. The standard InChI is InChI=1S/C33H31N2O5P/c36-31(24-41(39,27-12-4-1-5-13-27)28-14-6-2-7-15-28)34-25-18-20-26(21-19-25)40-23-11-3-10-22-35-32(37)29-16-8-9-17-30(29)33(35)38/h1-2,4-9,12-21H,3,10-11,22-24H2,(H,34,36). The average Bonchev–Trinajstić information content (AvgIpc) is 3.25. The summed E-state index contributed by atoms with van der Waals surface area (Å²) in [6, 6.07) is 32.2. The molecular formula is C33H31N2O5P. The van der Waals surface area contributed by atoms with Gasteiger partial charge in [0.05, 0.1) is 23.9 Å². The number of nitrogens with one attached hydrogen (secondary N) is 1. The average molecular weight is 567 g/mol. The van der Waals surface area contributed by atoms with E-state index < -0.39 is 7.14 Å². The summed E-state index contributed by atoms with van der Waals surface area (Å²) in [5.41, 5.74) is 1.54. The van der Waals surface area contributed by atoms with E-state index in [1.54, 1.807) is 72.8 Å². The number of amides is 3. The lowest BCUT2D eigenvalue weighted by atomic mass is 10.1. The Hall–Kier alpha value is -4.48. The van der Waals surface area contributed by atoms with Crippen molar-refractivity contribution < 1.29 is 23.7 Å². The van der Waals surface area contributed by atoms with Crippen molar-refractivity contribution >= 4 is 41.2 Å². The lowest BCUT2D eigenvalue weighted by Gasteiger charge is -2.19. The van der Waals surface area contributed by atoms with Gasteiger partial charge in [0.15, 0.2) is 7.14 Å². The predicted octanol–water partition coefficient (Wildman–Crippen LogP) is 5.48. The Morgan fingerprint density at radius 3 is 1.78 bits per heavy atom. The molecule has 0 bridgehead atoms. The van der Waals surface area contributed by atoms with Gasteiger partial charge in [-0.3, -0.25) is 19.3 Å². The maximum atomic E-state index is 14.1. The highest BCUT2D eigenvalue weighted by molar-refractivity contribution is 7.79. The molecule has 0 atom stereocenters. The van der Waals surface area contributed by atoms with Crippen LogP contribution in [0, 0.1) is 0 Å². The largest absolute Gasteiger partial charge is 0.494 e. The normalized spacial score (nSPS) is 12.7. The van der Waals surface area contributed by atoms with Crippen molar-refractivity contribution in [2.45, 2.75) is 19.3 Å². The maximum Gasteiger partial charge on any atom is 0.261 e. The third kappa shape index (κ3) is 6.47. The summed E-state index contributed by atoms with van der Waals surface area (Å²) >= 11 is 0. The Morgan fingerprint density at radius 1 is 0.683 bits per heavy atom. The molecule has 8 heteroatoms. The number of benzene rings is 4. The second kappa shape index (κ2) is 12.8. The van der Waals surface area contributed by atoms with E-state index >= 15 is 0 Å². The van der Waals surface area contributed by atoms with Gasteiger partial charge < -0.3 is 14.6 Å². The molecule has 1 aliphatic rings. The van der Waals surface area contributed by atoms with Crippen LogP contribution in [-0.4, -0.2) is 41.9 Å². The molecule has 3 amide bonds. The summed E-state index contributed by atoms with van der Waals surface area (Å²) in [5.74, 6) is -0.107. The van der Waals surface area contributed by atoms with Crippen LogP contribution in [0.25, 0.3) is 0 Å². The summed E-state index contributed by atoms with van der Waals surface area (Å²) in [7, 11) is -3.16. The minimum absolute atomic E-state index is 0.139. The van der Waals surface area contributed by atoms with Gasteiger partial charge in [-0.05, 0) is 55.7 Å². The van der Waals surface area contributed by atoms with E-state index in [0.29, 0.717) is 52.7 Å². The van der Waals surface area contributed by atoms with Crippen molar-refractivity contribution in [3.8, 4) is 5.75 Å². The van der Waals surface area contributed by atoms with Gasteiger partial charge in [-0.2, -0.15) is 0 Å². The zero-order valence-electron chi connectivity index (χ0n) is 22.6. The molecule has 1 aliphatic heterocycles. The van der Waals surface area contributed by atoms with Crippen molar-refractivity contribution in [1.29, 1.82) is 0 Å². The lowest BCUT2D eigenvalue weighted by Crippen LogP contribution is -2.30. The van der Waals surface area contributed by atoms with E-state index in [9.17, 15) is 18.9 Å². The van der Waals surface area contributed by atoms with Crippen LogP contribution in [0.3, 0.4) is 0 Å². The zero-order chi connectivity index (χ0) is 28.7. The summed E-state index contributed by atoms with van der Waals surface area (Å²) in [6.07, 6.45) is 2.15. The van der Waals surface area contributed by atoms with Gasteiger partial charge in [0.1, 0.15) is 5.75 Å². The van der Waals surface area contributed by atoms with Crippen LogP contribution in [0.1, 0.15) is 40.0 Å². The molecule has 1 heterocycles. The van der Waals surface area contributed by atoms with E-state index in [0.717, 1.165) is 12.8 Å². The van der Waals surface area contributed by atoms with Crippen LogP contribution < -0.4 is 20.7 Å². The summed E-state index contributed by atoms with van der Waals surface area (Å²) in [5, 5.41) is 4.16. The molecule has 5 rings (SSSR count). The Morgan fingerprint density at radius 2 is 1.22 bits per heavy atom. The molecule has 0 aromatic heterocycles. The minimum Gasteiger partial charge on any atom is -0.494 e. The number of nitrogens with zero attached hydrogens (tertiary/aromatic N) is 1. The number of anilines is 1. The number of carbonyl (C=O) groups is 3. The number of unbranched alkanes of at least 4 members (excludes halogenated alkanes) is 2. The lowest BCUT2D eigenvalue weighted by molar-refractivity contribution is -0.113. The molecule has 4 aromatic rings. The van der Waals surface area contributed by atoms with Crippen LogP contribution in [-0.2, 0) is 9.36 Å². The number of hydrogen-bond acceptors (Lipinski definition) is 5. The highest BCUT2D eigenvalue weighted by Gasteiger charge is 2.34. The molecule has 208 valence electrons. The number of imide groups is 1. The SMILES string of the molecule is O=C(CP(=O)(c1ccccc1)c1ccccc1)Nc1ccc(OCCCCCN2C(=O)c3ccccc3C2=O)cc1. The van der Waals surface area contributed by atoms with E-state index in [2.05, 4.69) is 5.32 Å². The number of carbonyl (C=O) groups excluding carboxylic acids is 3. The molecule has 0 fully saturated rings. The van der Waals surface area contributed by atoms with Crippen molar-refractivity contribution in [2.75, 3.05) is 24.6 Å². The predicted molar refractivity (Wildman–Crippen MR) is 161 cm³/mol. The molecule has 0 aliphatic carbocycles. The summed E-state index contributed by atoms with van der Waals surface area (Å²) in [6.45, 7) is 0.882. The number of fused-ring (bicyclic) bond motifs is 1. The second-order valence-electron chi connectivity index (χ2n) is 9.86. The molecule has 7 nitrogen and oxygen atoms in total. The molecule has 41 heavy (non-hydrogen) atoms. The molecule has 0 spiro atoms. The van der Waals surface area contributed by atoms with Gasteiger partial charge >= 0.3 is 0 Å². The van der Waals surface area contributed by atoms with Gasteiger partial charge in [-0.15, -0.1) is 0 Å². The van der Waals surface area contributed by atoms with E-state index in [-0.39, 0.29) is 23.9 Å². The molecule has 0 saturated heterocycles. The molecule has 0 unspecified atom stereocenters. The Labute approximate surface area is 239 Å². The van der Waals surface area contributed by atoms with E-state index in [1.807, 2.05) is 36.4 Å². The molecule has 0 saturated carbocycles. The fourth-order valence-electron chi connectivity index (χ4n) is 4.89. The van der Waals surface area contributed by atoms with Crippen LogP contribution in [0.4, 0.5) is 5.69 Å². The third-order valence-corrected chi connectivity index (χ3v) is 10.0. The van der Waals surface area contributed by atoms with Gasteiger partial charge in [0, 0.05) is 22.8 Å². The van der Waals surface area contributed by atoms with E-state index in [1.165, 1.54) is 4.90 Å². The summed E-state index contributed by atoms with van der Waals surface area (Å²) in [4.78, 5) is 39.2. The second-order valence-corrected chi connectivity index (χ2v) is 12.7. The smallest absolute Gasteiger partial charge is 0.261 e. The first-order valence-corrected chi connectivity index (χ1v) is 15.5. The Kier molecular flexibility index (Phi) is 8.76. The Balaban J connectivity index is 1.07. The molecular weight excluding hydrogens is 535 g/mol. The highest BCUT2D eigenvalue weighted by Crippen LogP contribution is 2.43. The number of hydrogen-bond donors (Lipinski definition) is 1. The first kappa shape index (κ1) is 28.1. The van der Waals surface area contributed by atoms with Crippen LogP contribution in [0.5, 0.6) is 5.75 Å². The maximum absolute atomic E-state index is 14.1. The quantitative estimate of drug-likeness (QED) is 0.139. The fraction of sp³-hybridized carbons (Fsp3) is 0.182. The Bertz CT molecular complexity index is 1490. The molecule has 4 aromatic carbocycles. The van der Waals surface area contributed by atoms with Crippen molar-refractivity contribution in [1.82, 2.24) is 4.90 Å². The first-order chi connectivity index (χ1) is 20.0. The van der Waals surface area contributed by atoms with Gasteiger partial charge in [-0.1, -0.05) is 72.8 Å². The molecule has 1 N–H and O–H groups in total. The van der Waals surface area contributed by atoms with Gasteiger partial charge in [0.2, 0.25) is 5.91 Å². The van der Waals surface area contributed by atoms with Crippen molar-refractivity contribution in [3.05, 3.63) is 120 Å². The number of ether oxygens (including phenoxy) is 1. The third-order valence-electron chi connectivity index (χ3n) is 7.02. The minimum atomic E-state index is -3.16. The van der Waals surface area contributed by atoms with Gasteiger partial charge in [-0.25, -0.2) is 0 Å². The van der Waals surface area contributed by atoms with Crippen molar-refractivity contribution in [3.63, 3.8) is 0 Å². The van der Waals surface area contributed by atoms with Crippen molar-refractivity contribution in [2.24, 2.45) is 0 Å². The molecule has 0 radical (unpaired) electrons. The van der Waals surface area contributed by atoms with Crippen LogP contribution in [0.2, 0.25) is 0 Å². The number of rotatable bonds is 12. The van der Waals surface area contributed by atoms with E-state index in [4.69, 9.17) is 4.74 Å². The first-order valence-electron chi connectivity index (χ1n) is 13.6. The summed E-state index contributed by atoms with van der Waals surface area (Å²) < 4.78 is 19.9. The fourth-order valence-corrected chi connectivity index (χ4v) is 7.34. The van der Waals surface area contributed by atoms with Crippen LogP contribution in [0.15, 0.2) is 109 Å². The zero-order valence-corrected chi connectivity index (χ0v) is 23.5.